The van der Waals surface area contributed by atoms with E-state index >= 15 is 0 Å². The maximum atomic E-state index is 11.0. The van der Waals surface area contributed by atoms with Crippen LogP contribution in [-0.4, -0.2) is 11.3 Å². The molecule has 0 aromatic heterocycles. The van der Waals surface area contributed by atoms with Crippen molar-refractivity contribution in [2.45, 2.75) is 58.3 Å². The van der Waals surface area contributed by atoms with Crippen molar-refractivity contribution in [1.82, 2.24) is 0 Å². The van der Waals surface area contributed by atoms with Gasteiger partial charge in [-0.25, -0.2) is 0 Å². The van der Waals surface area contributed by atoms with E-state index in [1.54, 1.807) is 0 Å². The van der Waals surface area contributed by atoms with E-state index in [2.05, 4.69) is 53.7 Å². The lowest BCUT2D eigenvalue weighted by molar-refractivity contribution is 0.438. The zero-order valence-electron chi connectivity index (χ0n) is 15.6. The monoisotopic (exact) mass is 323 g/mol. The van der Waals surface area contributed by atoms with Crippen molar-refractivity contribution in [1.29, 1.82) is 5.41 Å². The van der Waals surface area contributed by atoms with E-state index in [1.807, 2.05) is 30.3 Å². The molecule has 0 fully saturated rings. The van der Waals surface area contributed by atoms with Gasteiger partial charge in [-0.1, -0.05) is 84.0 Å². The summed E-state index contributed by atoms with van der Waals surface area (Å²) in [5, 5.41) is 18.9. The van der Waals surface area contributed by atoms with Crippen molar-refractivity contribution in [3.8, 4) is 5.75 Å². The van der Waals surface area contributed by atoms with Gasteiger partial charge in [-0.2, -0.15) is 0 Å². The van der Waals surface area contributed by atoms with Crippen LogP contribution in [0.5, 0.6) is 5.75 Å². The highest BCUT2D eigenvalue weighted by Gasteiger charge is 2.27. The summed E-state index contributed by atoms with van der Waals surface area (Å²) in [6.45, 7) is 12.9. The van der Waals surface area contributed by atoms with Crippen LogP contribution in [0.4, 0.5) is 0 Å². The number of phenolic OH excluding ortho intramolecular Hbond substituents is 1. The van der Waals surface area contributed by atoms with Gasteiger partial charge in [0.15, 0.2) is 0 Å². The number of benzene rings is 2. The zero-order valence-corrected chi connectivity index (χ0v) is 15.6. The molecule has 0 saturated heterocycles. The topological polar surface area (TPSA) is 44.1 Å². The maximum absolute atomic E-state index is 11.0. The quantitative estimate of drug-likeness (QED) is 0.692. The van der Waals surface area contributed by atoms with Gasteiger partial charge in [0.2, 0.25) is 0 Å². The third-order valence-corrected chi connectivity index (χ3v) is 4.47. The molecule has 1 unspecified atom stereocenters. The van der Waals surface area contributed by atoms with Crippen LogP contribution in [0.15, 0.2) is 42.5 Å². The number of rotatable bonds is 3. The highest BCUT2D eigenvalue weighted by molar-refractivity contribution is 5.73. The maximum Gasteiger partial charge on any atom is 0.123 e. The standard InChI is InChI=1S/C22H29NO/c1-21(2,3)16-12-17(20(24)19(13-16)22(4,5)6)18(14-23)15-10-8-7-9-11-15/h7-14,18,23-24H,1-6H3. The summed E-state index contributed by atoms with van der Waals surface area (Å²) in [7, 11) is 0. The Morgan fingerprint density at radius 2 is 1.50 bits per heavy atom. The van der Waals surface area contributed by atoms with Crippen molar-refractivity contribution in [2.75, 3.05) is 0 Å². The second kappa shape index (κ2) is 6.43. The SMILES string of the molecule is CC(C)(C)c1cc(C(C=N)c2ccccc2)c(O)c(C(C)(C)C)c1. The molecule has 0 bridgehead atoms. The third kappa shape index (κ3) is 3.69. The van der Waals surface area contributed by atoms with E-state index < -0.39 is 0 Å². The van der Waals surface area contributed by atoms with Gasteiger partial charge in [0.25, 0.3) is 0 Å². The van der Waals surface area contributed by atoms with E-state index in [-0.39, 0.29) is 16.7 Å². The summed E-state index contributed by atoms with van der Waals surface area (Å²) in [5.41, 5.74) is 3.77. The molecule has 0 aliphatic heterocycles. The summed E-state index contributed by atoms with van der Waals surface area (Å²) in [6.07, 6.45) is 1.42. The molecule has 1 atom stereocenters. The molecule has 2 aromatic rings. The van der Waals surface area contributed by atoms with Crippen LogP contribution in [0.25, 0.3) is 0 Å². The minimum Gasteiger partial charge on any atom is -0.507 e. The predicted octanol–water partition coefficient (Wildman–Crippen LogP) is 5.77. The molecule has 2 N–H and O–H groups in total. The summed E-state index contributed by atoms with van der Waals surface area (Å²) >= 11 is 0. The third-order valence-electron chi connectivity index (χ3n) is 4.47. The Morgan fingerprint density at radius 1 is 0.917 bits per heavy atom. The first kappa shape index (κ1) is 18.3. The van der Waals surface area contributed by atoms with Gasteiger partial charge in [0, 0.05) is 17.7 Å². The molecule has 2 nitrogen and oxygen atoms in total. The molecule has 0 amide bonds. The molecular weight excluding hydrogens is 294 g/mol. The molecule has 0 aliphatic carbocycles. The van der Waals surface area contributed by atoms with Gasteiger partial charge in [0.05, 0.1) is 0 Å². The highest BCUT2D eigenvalue weighted by Crippen LogP contribution is 2.41. The fraction of sp³-hybridized carbons (Fsp3) is 0.409. The fourth-order valence-corrected chi connectivity index (χ4v) is 2.92. The summed E-state index contributed by atoms with van der Waals surface area (Å²) in [4.78, 5) is 0. The van der Waals surface area contributed by atoms with Crippen molar-refractivity contribution >= 4 is 6.21 Å². The number of aromatic hydroxyl groups is 1. The van der Waals surface area contributed by atoms with Crippen LogP contribution in [0, 0.1) is 5.41 Å². The van der Waals surface area contributed by atoms with Gasteiger partial charge in [-0.05, 0) is 27.5 Å². The molecule has 2 rings (SSSR count). The molecule has 0 radical (unpaired) electrons. The number of nitrogens with one attached hydrogen (secondary N) is 1. The van der Waals surface area contributed by atoms with E-state index in [0.717, 1.165) is 16.7 Å². The summed E-state index contributed by atoms with van der Waals surface area (Å²) in [5.74, 6) is 0.0717. The van der Waals surface area contributed by atoms with Gasteiger partial charge < -0.3 is 10.5 Å². The van der Waals surface area contributed by atoms with Crippen LogP contribution < -0.4 is 0 Å². The molecular formula is C22H29NO. The fourth-order valence-electron chi connectivity index (χ4n) is 2.92. The first-order valence-electron chi connectivity index (χ1n) is 8.49. The average molecular weight is 323 g/mol. The van der Waals surface area contributed by atoms with E-state index in [9.17, 15) is 5.11 Å². The zero-order chi connectivity index (χ0) is 18.1. The first-order valence-corrected chi connectivity index (χ1v) is 8.49. The molecule has 2 heteroatoms. The Morgan fingerprint density at radius 3 is 1.96 bits per heavy atom. The summed E-state index contributed by atoms with van der Waals surface area (Å²) < 4.78 is 0. The number of phenols is 1. The van der Waals surface area contributed by atoms with Crippen molar-refractivity contribution < 1.29 is 5.11 Å². The van der Waals surface area contributed by atoms with Crippen LogP contribution in [0.2, 0.25) is 0 Å². The Balaban J connectivity index is 2.74. The molecule has 0 aliphatic rings. The Hall–Kier alpha value is -2.09. The molecule has 0 heterocycles. The highest BCUT2D eigenvalue weighted by atomic mass is 16.3. The Kier molecular flexibility index (Phi) is 4.89. The lowest BCUT2D eigenvalue weighted by Gasteiger charge is -2.29. The van der Waals surface area contributed by atoms with Crippen LogP contribution in [0.1, 0.15) is 69.7 Å². The Bertz CT molecular complexity index is 718. The normalized spacial score (nSPS) is 13.6. The minimum absolute atomic E-state index is 0.0221. The first-order chi connectivity index (χ1) is 11.1. The van der Waals surface area contributed by atoms with Gasteiger partial charge in [-0.15, -0.1) is 0 Å². The van der Waals surface area contributed by atoms with E-state index in [0.29, 0.717) is 5.75 Å². The lowest BCUT2D eigenvalue weighted by Crippen LogP contribution is -2.18. The minimum atomic E-state index is -0.241. The molecule has 0 saturated carbocycles. The van der Waals surface area contributed by atoms with E-state index in [1.165, 1.54) is 11.8 Å². The van der Waals surface area contributed by atoms with Crippen molar-refractivity contribution in [3.05, 3.63) is 64.7 Å². The van der Waals surface area contributed by atoms with E-state index in [4.69, 9.17) is 5.41 Å². The van der Waals surface area contributed by atoms with Crippen LogP contribution >= 0.6 is 0 Å². The molecule has 2 aromatic carbocycles. The summed E-state index contributed by atoms with van der Waals surface area (Å²) in [6, 6.07) is 14.1. The predicted molar refractivity (Wildman–Crippen MR) is 103 cm³/mol. The van der Waals surface area contributed by atoms with Gasteiger partial charge in [0.1, 0.15) is 5.75 Å². The average Bonchev–Trinajstić information content (AvgIpc) is 2.48. The van der Waals surface area contributed by atoms with Crippen LogP contribution in [0.3, 0.4) is 0 Å². The number of hydrogen-bond acceptors (Lipinski definition) is 2. The van der Waals surface area contributed by atoms with Crippen LogP contribution in [-0.2, 0) is 10.8 Å². The molecule has 128 valence electrons. The lowest BCUT2D eigenvalue weighted by atomic mass is 9.76. The van der Waals surface area contributed by atoms with Crippen molar-refractivity contribution in [3.63, 3.8) is 0 Å². The second-order valence-electron chi connectivity index (χ2n) is 8.52. The van der Waals surface area contributed by atoms with Gasteiger partial charge in [-0.3, -0.25) is 0 Å². The Labute approximate surface area is 146 Å². The van der Waals surface area contributed by atoms with Crippen molar-refractivity contribution in [2.24, 2.45) is 0 Å². The molecule has 24 heavy (non-hydrogen) atoms. The number of hydrogen-bond donors (Lipinski definition) is 2. The van der Waals surface area contributed by atoms with Gasteiger partial charge >= 0.3 is 0 Å². The molecule has 0 spiro atoms. The second-order valence-corrected chi connectivity index (χ2v) is 8.52. The largest absolute Gasteiger partial charge is 0.507 e. The smallest absolute Gasteiger partial charge is 0.123 e.